The van der Waals surface area contributed by atoms with Crippen LogP contribution < -0.4 is 0 Å². The number of nitro groups is 1. The van der Waals surface area contributed by atoms with E-state index in [0.29, 0.717) is 11.8 Å². The number of fused-ring (bicyclic) bond motifs is 3. The molecule has 2 aliphatic rings. The predicted molar refractivity (Wildman–Crippen MR) is 98.6 cm³/mol. The standard InChI is InChI=1S/C20H21NO2S/c1-13-6-7-14-8-9-16-15(18(14)12-13)10-11-24-20(16)17-4-2-3-5-19(17)21(22)23/h2-7,12,15-16,20H,8-11H2,1H3/t15-,16-,20+/m1/s1. The van der Waals surface area contributed by atoms with Gasteiger partial charge in [0.15, 0.2) is 0 Å². The Morgan fingerprint density at radius 3 is 2.79 bits per heavy atom. The lowest BCUT2D eigenvalue weighted by Gasteiger charge is -2.42. The van der Waals surface area contributed by atoms with Crippen LogP contribution in [-0.4, -0.2) is 10.7 Å². The number of nitrogens with zero attached hydrogens (tertiary/aromatic N) is 1. The van der Waals surface area contributed by atoms with E-state index in [-0.39, 0.29) is 15.9 Å². The van der Waals surface area contributed by atoms with Crippen LogP contribution >= 0.6 is 11.8 Å². The van der Waals surface area contributed by atoms with Gasteiger partial charge < -0.3 is 0 Å². The van der Waals surface area contributed by atoms with Crippen LogP contribution in [0.25, 0.3) is 0 Å². The van der Waals surface area contributed by atoms with Gasteiger partial charge in [0.25, 0.3) is 5.69 Å². The average Bonchev–Trinajstić information content (AvgIpc) is 2.61. The fourth-order valence-electron chi connectivity index (χ4n) is 4.43. The van der Waals surface area contributed by atoms with E-state index in [0.717, 1.165) is 24.2 Å². The number of rotatable bonds is 2. The molecule has 0 amide bonds. The Morgan fingerprint density at radius 2 is 1.96 bits per heavy atom. The molecule has 4 rings (SSSR count). The van der Waals surface area contributed by atoms with Gasteiger partial charge in [0.2, 0.25) is 0 Å². The van der Waals surface area contributed by atoms with Gasteiger partial charge >= 0.3 is 0 Å². The first-order valence-corrected chi connectivity index (χ1v) is 9.64. The molecule has 0 saturated carbocycles. The van der Waals surface area contributed by atoms with Crippen molar-refractivity contribution >= 4 is 17.4 Å². The SMILES string of the molecule is Cc1ccc2c(c1)[C@@H]1CCS[C@H](c3ccccc3[N+](=O)[O-])[C@@H]1CC2. The Morgan fingerprint density at radius 1 is 1.12 bits per heavy atom. The minimum absolute atomic E-state index is 0.222. The maximum absolute atomic E-state index is 11.5. The number of hydrogen-bond acceptors (Lipinski definition) is 3. The summed E-state index contributed by atoms with van der Waals surface area (Å²) in [5.41, 5.74) is 5.49. The van der Waals surface area contributed by atoms with Crippen LogP contribution in [0, 0.1) is 23.0 Å². The molecule has 0 N–H and O–H groups in total. The van der Waals surface area contributed by atoms with Crippen molar-refractivity contribution in [2.24, 2.45) is 5.92 Å². The van der Waals surface area contributed by atoms with Crippen LogP contribution in [0.4, 0.5) is 5.69 Å². The van der Waals surface area contributed by atoms with Gasteiger partial charge in [0, 0.05) is 16.9 Å². The first-order chi connectivity index (χ1) is 11.6. The second kappa shape index (κ2) is 6.25. The van der Waals surface area contributed by atoms with Crippen molar-refractivity contribution in [2.75, 3.05) is 5.75 Å². The molecule has 3 atom stereocenters. The van der Waals surface area contributed by atoms with E-state index in [2.05, 4.69) is 25.1 Å². The van der Waals surface area contributed by atoms with E-state index in [9.17, 15) is 10.1 Å². The molecule has 1 saturated heterocycles. The fraction of sp³-hybridized carbons (Fsp3) is 0.400. The summed E-state index contributed by atoms with van der Waals surface area (Å²) in [5, 5.41) is 11.7. The van der Waals surface area contributed by atoms with Gasteiger partial charge in [0.05, 0.1) is 4.92 Å². The van der Waals surface area contributed by atoms with Gasteiger partial charge in [-0.3, -0.25) is 10.1 Å². The van der Waals surface area contributed by atoms with Crippen LogP contribution in [0.5, 0.6) is 0 Å². The molecule has 4 heteroatoms. The third-order valence-electron chi connectivity index (χ3n) is 5.52. The Labute approximate surface area is 146 Å². The average molecular weight is 339 g/mol. The Balaban J connectivity index is 1.74. The molecule has 3 nitrogen and oxygen atoms in total. The molecule has 1 fully saturated rings. The number of nitro benzene ring substituents is 1. The highest BCUT2D eigenvalue weighted by Crippen LogP contribution is 2.55. The van der Waals surface area contributed by atoms with E-state index in [1.165, 1.54) is 23.1 Å². The largest absolute Gasteiger partial charge is 0.273 e. The van der Waals surface area contributed by atoms with Gasteiger partial charge in [-0.2, -0.15) is 11.8 Å². The summed E-state index contributed by atoms with van der Waals surface area (Å²) in [6.07, 6.45) is 3.40. The lowest BCUT2D eigenvalue weighted by Crippen LogP contribution is -2.29. The minimum Gasteiger partial charge on any atom is -0.258 e. The molecule has 0 aromatic heterocycles. The first-order valence-electron chi connectivity index (χ1n) is 8.59. The number of hydrogen-bond donors (Lipinski definition) is 0. The first kappa shape index (κ1) is 15.7. The van der Waals surface area contributed by atoms with E-state index in [1.807, 2.05) is 23.9 Å². The molecule has 1 aliphatic heterocycles. The smallest absolute Gasteiger partial charge is 0.258 e. The molecule has 0 radical (unpaired) electrons. The molecule has 24 heavy (non-hydrogen) atoms. The lowest BCUT2D eigenvalue weighted by molar-refractivity contribution is -0.385. The number of para-hydroxylation sites is 1. The topological polar surface area (TPSA) is 43.1 Å². The number of benzene rings is 2. The van der Waals surface area contributed by atoms with Crippen LogP contribution in [0.15, 0.2) is 42.5 Å². The van der Waals surface area contributed by atoms with Crippen molar-refractivity contribution in [1.82, 2.24) is 0 Å². The summed E-state index contributed by atoms with van der Waals surface area (Å²) in [4.78, 5) is 11.2. The van der Waals surface area contributed by atoms with E-state index >= 15 is 0 Å². The summed E-state index contributed by atoms with van der Waals surface area (Å²) in [6.45, 7) is 2.15. The van der Waals surface area contributed by atoms with Gasteiger partial charge in [-0.1, -0.05) is 42.0 Å². The van der Waals surface area contributed by atoms with Crippen molar-refractivity contribution in [1.29, 1.82) is 0 Å². The molecular formula is C20H21NO2S. The molecule has 1 aliphatic carbocycles. The van der Waals surface area contributed by atoms with Crippen LogP contribution in [-0.2, 0) is 6.42 Å². The number of thioether (sulfide) groups is 1. The Bertz CT molecular complexity index is 789. The quantitative estimate of drug-likeness (QED) is 0.541. The predicted octanol–water partition coefficient (Wildman–Crippen LogP) is 5.43. The third kappa shape index (κ3) is 2.63. The molecule has 0 unspecified atom stereocenters. The van der Waals surface area contributed by atoms with Gasteiger partial charge in [-0.15, -0.1) is 0 Å². The molecule has 124 valence electrons. The highest BCUT2D eigenvalue weighted by Gasteiger charge is 2.40. The van der Waals surface area contributed by atoms with Gasteiger partial charge in [-0.25, -0.2) is 0 Å². The summed E-state index contributed by atoms with van der Waals surface area (Å²) in [6, 6.07) is 14.2. The van der Waals surface area contributed by atoms with E-state index in [4.69, 9.17) is 0 Å². The second-order valence-electron chi connectivity index (χ2n) is 6.91. The zero-order chi connectivity index (χ0) is 16.7. The van der Waals surface area contributed by atoms with Crippen molar-refractivity contribution in [3.63, 3.8) is 0 Å². The Hall–Kier alpha value is -1.81. The maximum Gasteiger partial charge on any atom is 0.273 e. The molecule has 0 bridgehead atoms. The van der Waals surface area contributed by atoms with Gasteiger partial charge in [0.1, 0.15) is 0 Å². The molecule has 2 aromatic rings. The van der Waals surface area contributed by atoms with Crippen LogP contribution in [0.2, 0.25) is 0 Å². The van der Waals surface area contributed by atoms with Crippen LogP contribution in [0.1, 0.15) is 46.3 Å². The molecule has 0 spiro atoms. The second-order valence-corrected chi connectivity index (χ2v) is 8.16. The van der Waals surface area contributed by atoms with Crippen molar-refractivity contribution in [2.45, 2.75) is 37.4 Å². The van der Waals surface area contributed by atoms with Crippen molar-refractivity contribution in [3.8, 4) is 0 Å². The lowest BCUT2D eigenvalue weighted by atomic mass is 9.70. The molecular weight excluding hydrogens is 318 g/mol. The summed E-state index contributed by atoms with van der Waals surface area (Å²) >= 11 is 1.91. The highest BCUT2D eigenvalue weighted by atomic mass is 32.2. The highest BCUT2D eigenvalue weighted by molar-refractivity contribution is 7.99. The van der Waals surface area contributed by atoms with Crippen molar-refractivity contribution < 1.29 is 4.92 Å². The third-order valence-corrected chi connectivity index (χ3v) is 6.95. The Kier molecular flexibility index (Phi) is 4.09. The fourth-order valence-corrected chi connectivity index (χ4v) is 6.03. The minimum atomic E-state index is -0.222. The van der Waals surface area contributed by atoms with E-state index < -0.39 is 0 Å². The normalized spacial score (nSPS) is 25.6. The van der Waals surface area contributed by atoms with E-state index in [1.54, 1.807) is 12.1 Å². The summed E-state index contributed by atoms with van der Waals surface area (Å²) in [7, 11) is 0. The summed E-state index contributed by atoms with van der Waals surface area (Å²) < 4.78 is 0. The monoisotopic (exact) mass is 339 g/mol. The summed E-state index contributed by atoms with van der Waals surface area (Å²) in [5.74, 6) is 2.12. The van der Waals surface area contributed by atoms with Crippen LogP contribution in [0.3, 0.4) is 0 Å². The van der Waals surface area contributed by atoms with Gasteiger partial charge in [-0.05, 0) is 54.9 Å². The van der Waals surface area contributed by atoms with Crippen molar-refractivity contribution in [3.05, 3.63) is 74.8 Å². The number of aryl methyl sites for hydroxylation is 2. The zero-order valence-electron chi connectivity index (χ0n) is 13.8. The molecule has 2 aromatic carbocycles. The molecule has 1 heterocycles. The maximum atomic E-state index is 11.5. The zero-order valence-corrected chi connectivity index (χ0v) is 14.6.